The molecule has 0 atom stereocenters. The molecule has 0 spiro atoms. The zero-order valence-corrected chi connectivity index (χ0v) is 10.2. The molecule has 0 heterocycles. The molecule has 0 amide bonds. The van der Waals surface area contributed by atoms with Gasteiger partial charge in [-0.05, 0) is 5.46 Å². The molecular weight excluding hydrogens is 237 g/mol. The molecule has 0 aliphatic carbocycles. The minimum absolute atomic E-state index is 0. The Morgan fingerprint density at radius 2 is 1.12 bits per heavy atom. The Morgan fingerprint density at radius 1 is 0.812 bits per heavy atom. The summed E-state index contributed by atoms with van der Waals surface area (Å²) in [4.78, 5) is 0. The molecule has 1 rings (SSSR count). The van der Waals surface area contributed by atoms with Crippen molar-refractivity contribution in [2.24, 2.45) is 0 Å². The Labute approximate surface area is 114 Å². The van der Waals surface area contributed by atoms with Crippen LogP contribution >= 0.6 is 0 Å². The van der Waals surface area contributed by atoms with E-state index in [0.29, 0.717) is 0 Å². The predicted molar refractivity (Wildman–Crippen MR) is 48.8 cm³/mol. The van der Waals surface area contributed by atoms with Crippen LogP contribution in [0, 0.1) is 29.1 Å². The summed E-state index contributed by atoms with van der Waals surface area (Å²) in [7, 11) is 0.941. The minimum atomic E-state index is -2.13. The first-order chi connectivity index (χ1) is 6.50. The Kier molecular flexibility index (Phi) is 8.35. The van der Waals surface area contributed by atoms with Crippen molar-refractivity contribution < 1.29 is 51.5 Å². The van der Waals surface area contributed by atoms with Gasteiger partial charge in [0.1, 0.15) is 0 Å². The van der Waals surface area contributed by atoms with Crippen LogP contribution in [0.2, 0.25) is 6.32 Å². The number of halogens is 5. The fraction of sp³-hybridized carbons (Fsp3) is 0.333. The zero-order chi connectivity index (χ0) is 10.9. The Bertz CT molecular complexity index is 340. The molecule has 0 N–H and O–H groups in total. The molecule has 0 aliphatic rings. The third-order valence-electron chi connectivity index (χ3n) is 1.65. The van der Waals surface area contributed by atoms with Gasteiger partial charge in [0.15, 0.2) is 36.4 Å². The zero-order valence-electron chi connectivity index (χ0n) is 8.17. The van der Waals surface area contributed by atoms with Gasteiger partial charge in [-0.2, -0.15) is 0 Å². The molecule has 0 nitrogen and oxygen atoms in total. The second-order valence-corrected chi connectivity index (χ2v) is 2.60. The van der Waals surface area contributed by atoms with Crippen molar-refractivity contribution in [2.45, 2.75) is 20.7 Å². The molecule has 1 aromatic carbocycles. The van der Waals surface area contributed by atoms with Crippen molar-refractivity contribution in [1.29, 1.82) is 0 Å². The smallest absolute Gasteiger partial charge is 0.204 e. The summed E-state index contributed by atoms with van der Waals surface area (Å²) < 4.78 is 63.3. The number of benzene rings is 1. The summed E-state index contributed by atoms with van der Waals surface area (Å²) in [6, 6.07) is 0. The maximum atomic E-state index is 12.8. The van der Waals surface area contributed by atoms with Gasteiger partial charge < -0.3 is 0 Å². The first-order valence-electron chi connectivity index (χ1n) is 3.85. The molecule has 0 fully saturated rings. The summed E-state index contributed by atoms with van der Waals surface area (Å²) >= 11 is 0. The molecule has 83 valence electrons. The molecule has 0 aliphatic heterocycles. The van der Waals surface area contributed by atoms with Crippen molar-refractivity contribution in [1.82, 2.24) is 0 Å². The normalized spacial score (nSPS) is 9.12. The van der Waals surface area contributed by atoms with Crippen LogP contribution < -0.4 is 35.0 Å². The second-order valence-electron chi connectivity index (χ2n) is 2.60. The SMILES string of the molecule is C.CC[B]c1c(F)c(F)c(F)c(F)c1F.[Na+]. The third kappa shape index (κ3) is 3.21. The van der Waals surface area contributed by atoms with Crippen LogP contribution in [0.25, 0.3) is 0 Å². The van der Waals surface area contributed by atoms with E-state index in [-0.39, 0.29) is 43.3 Å². The van der Waals surface area contributed by atoms with E-state index in [1.54, 1.807) is 0 Å². The number of hydrogen-bond acceptors (Lipinski definition) is 0. The van der Waals surface area contributed by atoms with Gasteiger partial charge >= 0.3 is 29.6 Å². The summed E-state index contributed by atoms with van der Waals surface area (Å²) in [5.41, 5.74) is -0.871. The molecule has 0 saturated carbocycles. The number of rotatable bonds is 2. The van der Waals surface area contributed by atoms with Gasteiger partial charge in [-0.1, -0.05) is 20.7 Å². The monoisotopic (exact) mass is 246 g/mol. The first-order valence-corrected chi connectivity index (χ1v) is 3.85. The van der Waals surface area contributed by atoms with Crippen LogP contribution in [-0.4, -0.2) is 7.28 Å². The van der Waals surface area contributed by atoms with E-state index in [9.17, 15) is 22.0 Å². The van der Waals surface area contributed by atoms with E-state index >= 15 is 0 Å². The van der Waals surface area contributed by atoms with Gasteiger partial charge in [0.2, 0.25) is 0 Å². The standard InChI is InChI=1S/C8H5BF5.CH4.Na/c1-2-9-3-4(10)6(12)8(14)7(13)5(3)11;;/h2H2,1H3;1H4;/q;;+1. The predicted octanol–water partition coefficient (Wildman–Crippen LogP) is -0.210. The molecule has 16 heavy (non-hydrogen) atoms. The van der Waals surface area contributed by atoms with E-state index in [0.717, 1.165) is 7.28 Å². The Morgan fingerprint density at radius 3 is 1.44 bits per heavy atom. The molecular formula is C9H9BF5Na+. The minimum Gasteiger partial charge on any atom is -0.204 e. The van der Waals surface area contributed by atoms with Crippen molar-refractivity contribution in [3.63, 3.8) is 0 Å². The molecule has 0 unspecified atom stereocenters. The second kappa shape index (κ2) is 7.30. The van der Waals surface area contributed by atoms with Crippen molar-refractivity contribution in [3.8, 4) is 0 Å². The van der Waals surface area contributed by atoms with E-state index < -0.39 is 34.5 Å². The first kappa shape index (κ1) is 18.3. The van der Waals surface area contributed by atoms with Crippen molar-refractivity contribution in [3.05, 3.63) is 29.1 Å². The van der Waals surface area contributed by atoms with E-state index in [1.807, 2.05) is 0 Å². The van der Waals surface area contributed by atoms with Crippen molar-refractivity contribution in [2.75, 3.05) is 0 Å². The average molecular weight is 246 g/mol. The molecule has 0 bridgehead atoms. The van der Waals surface area contributed by atoms with Gasteiger partial charge in [0.05, 0.1) is 0 Å². The van der Waals surface area contributed by atoms with Crippen LogP contribution in [0.5, 0.6) is 0 Å². The summed E-state index contributed by atoms with van der Waals surface area (Å²) in [5.74, 6) is -9.54. The molecule has 1 aromatic rings. The topological polar surface area (TPSA) is 0 Å². The Hall–Kier alpha value is -0.0651. The fourth-order valence-corrected chi connectivity index (χ4v) is 1.01. The van der Waals surface area contributed by atoms with Gasteiger partial charge in [-0.15, -0.1) is 0 Å². The van der Waals surface area contributed by atoms with Crippen LogP contribution in [0.3, 0.4) is 0 Å². The van der Waals surface area contributed by atoms with E-state index in [4.69, 9.17) is 0 Å². The van der Waals surface area contributed by atoms with E-state index in [1.165, 1.54) is 6.92 Å². The molecule has 0 saturated heterocycles. The van der Waals surface area contributed by atoms with Crippen LogP contribution in [0.1, 0.15) is 14.4 Å². The van der Waals surface area contributed by atoms with Gasteiger partial charge in [0, 0.05) is 0 Å². The maximum Gasteiger partial charge on any atom is 1.00 e. The third-order valence-corrected chi connectivity index (χ3v) is 1.65. The summed E-state index contributed by atoms with van der Waals surface area (Å²) in [6.07, 6.45) is 0.179. The molecule has 1 radical (unpaired) electrons. The molecule has 7 heteroatoms. The summed E-state index contributed by atoms with van der Waals surface area (Å²) in [6.45, 7) is 1.53. The van der Waals surface area contributed by atoms with Crippen LogP contribution in [-0.2, 0) is 0 Å². The average Bonchev–Trinajstić information content (AvgIpc) is 2.19. The summed E-state index contributed by atoms with van der Waals surface area (Å²) in [5, 5.41) is 0. The van der Waals surface area contributed by atoms with E-state index in [2.05, 4.69) is 0 Å². The maximum absolute atomic E-state index is 12.8. The Balaban J connectivity index is 0. The van der Waals surface area contributed by atoms with Gasteiger partial charge in [-0.25, -0.2) is 22.0 Å². The van der Waals surface area contributed by atoms with Gasteiger partial charge in [0.25, 0.3) is 0 Å². The number of hydrogen-bond donors (Lipinski definition) is 0. The molecule has 0 aromatic heterocycles. The van der Waals surface area contributed by atoms with Crippen LogP contribution in [0.4, 0.5) is 22.0 Å². The van der Waals surface area contributed by atoms with Gasteiger partial charge in [-0.3, -0.25) is 0 Å². The largest absolute Gasteiger partial charge is 1.00 e. The van der Waals surface area contributed by atoms with Crippen molar-refractivity contribution >= 4 is 12.7 Å². The van der Waals surface area contributed by atoms with Crippen LogP contribution in [0.15, 0.2) is 0 Å². The fourth-order valence-electron chi connectivity index (χ4n) is 1.01. The quantitative estimate of drug-likeness (QED) is 0.293.